The van der Waals surface area contributed by atoms with E-state index in [2.05, 4.69) is 19.2 Å². The zero-order valence-electron chi connectivity index (χ0n) is 21.0. The largest absolute Gasteiger partial charge is 0.497 e. The minimum atomic E-state index is -3.91. The van der Waals surface area contributed by atoms with Crippen LogP contribution in [0, 0.1) is 12.8 Å². The van der Waals surface area contributed by atoms with Crippen molar-refractivity contribution in [2.24, 2.45) is 5.92 Å². The summed E-state index contributed by atoms with van der Waals surface area (Å²) < 4.78 is 39.8. The summed E-state index contributed by atoms with van der Waals surface area (Å²) in [5, 5.41) is 3.10. The molecule has 8 heteroatoms. The number of carbonyl (C=O) groups is 1. The van der Waals surface area contributed by atoms with Crippen molar-refractivity contribution >= 4 is 21.6 Å². The number of anilines is 1. The molecule has 1 amide bonds. The van der Waals surface area contributed by atoms with Crippen LogP contribution in [0.25, 0.3) is 0 Å². The van der Waals surface area contributed by atoms with Gasteiger partial charge in [-0.2, -0.15) is 0 Å². The predicted molar refractivity (Wildman–Crippen MR) is 140 cm³/mol. The van der Waals surface area contributed by atoms with Crippen LogP contribution in [0.5, 0.6) is 11.5 Å². The fraction of sp³-hybridized carbons (Fsp3) is 0.321. The van der Waals surface area contributed by atoms with Gasteiger partial charge in [-0.05, 0) is 61.2 Å². The van der Waals surface area contributed by atoms with Crippen LogP contribution in [0.15, 0.2) is 77.7 Å². The number of benzene rings is 3. The molecule has 0 unspecified atom stereocenters. The third-order valence-corrected chi connectivity index (χ3v) is 7.97. The number of sulfonamides is 1. The SMILES string of the molecule is COc1ccc([C@@H](CC(C)C)NC(=O)[C@H]2CN(S(=O)(=O)c3ccc(C)cc3)c3ccccc3O2)cc1. The van der Waals surface area contributed by atoms with Crippen molar-refractivity contribution in [3.8, 4) is 11.5 Å². The number of amides is 1. The van der Waals surface area contributed by atoms with Gasteiger partial charge in [0, 0.05) is 0 Å². The van der Waals surface area contributed by atoms with Crippen LogP contribution in [0.4, 0.5) is 5.69 Å². The normalized spacial score (nSPS) is 16.1. The van der Waals surface area contributed by atoms with Crippen molar-refractivity contribution in [3.63, 3.8) is 0 Å². The molecule has 3 aromatic rings. The Bertz CT molecular complexity index is 1300. The number of aryl methyl sites for hydroxylation is 1. The highest BCUT2D eigenvalue weighted by Gasteiger charge is 2.38. The second-order valence-corrected chi connectivity index (χ2v) is 11.2. The first-order chi connectivity index (χ1) is 17.2. The van der Waals surface area contributed by atoms with Gasteiger partial charge in [0.25, 0.3) is 15.9 Å². The predicted octanol–water partition coefficient (Wildman–Crippen LogP) is 4.86. The smallest absolute Gasteiger partial charge is 0.264 e. The summed E-state index contributed by atoms with van der Waals surface area (Å²) in [4.78, 5) is 13.6. The van der Waals surface area contributed by atoms with E-state index in [9.17, 15) is 13.2 Å². The van der Waals surface area contributed by atoms with E-state index in [-0.39, 0.29) is 23.4 Å². The average molecular weight is 509 g/mol. The summed E-state index contributed by atoms with van der Waals surface area (Å²) in [6.07, 6.45) is -0.291. The number of fused-ring (bicyclic) bond motifs is 1. The number of methoxy groups -OCH3 is 1. The maximum Gasteiger partial charge on any atom is 0.264 e. The highest BCUT2D eigenvalue weighted by atomic mass is 32.2. The zero-order chi connectivity index (χ0) is 25.9. The lowest BCUT2D eigenvalue weighted by molar-refractivity contribution is -0.128. The van der Waals surface area contributed by atoms with Gasteiger partial charge in [0.05, 0.1) is 30.3 Å². The molecule has 0 saturated heterocycles. The van der Waals surface area contributed by atoms with Crippen LogP contribution in [-0.2, 0) is 14.8 Å². The molecule has 0 fully saturated rings. The van der Waals surface area contributed by atoms with Crippen molar-refractivity contribution in [2.75, 3.05) is 18.0 Å². The Morgan fingerprint density at radius 3 is 2.36 bits per heavy atom. The molecule has 1 aliphatic heterocycles. The van der Waals surface area contributed by atoms with E-state index in [0.717, 1.165) is 16.9 Å². The van der Waals surface area contributed by atoms with Crippen LogP contribution >= 0.6 is 0 Å². The van der Waals surface area contributed by atoms with Gasteiger partial charge in [-0.1, -0.05) is 55.8 Å². The monoisotopic (exact) mass is 508 g/mol. The summed E-state index contributed by atoms with van der Waals surface area (Å²) in [6.45, 7) is 5.95. The Hall–Kier alpha value is -3.52. The molecule has 0 saturated carbocycles. The highest BCUT2D eigenvalue weighted by molar-refractivity contribution is 7.92. The molecule has 1 N–H and O–H groups in total. The van der Waals surface area contributed by atoms with Crippen molar-refractivity contribution in [3.05, 3.63) is 83.9 Å². The molecule has 7 nitrogen and oxygen atoms in total. The third-order valence-electron chi connectivity index (χ3n) is 6.18. The Labute approximate surface area is 213 Å². The standard InChI is InChI=1S/C28H32N2O5S/c1-19(2)17-24(21-11-13-22(34-4)14-12-21)29-28(31)27-18-30(25-7-5-6-8-26(25)35-27)36(32,33)23-15-9-20(3)10-16-23/h5-16,19,24,27H,17-18H2,1-4H3,(H,29,31)/t24-,27-/m1/s1. The van der Waals surface area contributed by atoms with Gasteiger partial charge in [-0.25, -0.2) is 8.42 Å². The molecule has 0 spiro atoms. The summed E-state index contributed by atoms with van der Waals surface area (Å²) >= 11 is 0. The van der Waals surface area contributed by atoms with Gasteiger partial charge >= 0.3 is 0 Å². The van der Waals surface area contributed by atoms with E-state index in [1.165, 1.54) is 4.31 Å². The Morgan fingerprint density at radius 2 is 1.72 bits per heavy atom. The molecule has 36 heavy (non-hydrogen) atoms. The number of hydrogen-bond donors (Lipinski definition) is 1. The fourth-order valence-corrected chi connectivity index (χ4v) is 5.73. The topological polar surface area (TPSA) is 84.9 Å². The molecule has 2 atom stereocenters. The molecule has 0 aliphatic carbocycles. The van der Waals surface area contributed by atoms with Crippen LogP contribution in [0.1, 0.15) is 37.4 Å². The number of nitrogens with zero attached hydrogens (tertiary/aromatic N) is 1. The van der Waals surface area contributed by atoms with Crippen LogP contribution in [0.2, 0.25) is 0 Å². The van der Waals surface area contributed by atoms with E-state index >= 15 is 0 Å². The molecular formula is C28H32N2O5S. The lowest BCUT2D eigenvalue weighted by Crippen LogP contribution is -2.51. The Morgan fingerprint density at radius 1 is 1.06 bits per heavy atom. The van der Waals surface area contributed by atoms with Gasteiger partial charge in [-0.15, -0.1) is 0 Å². The summed E-state index contributed by atoms with van der Waals surface area (Å²) in [5.41, 5.74) is 2.32. The molecule has 1 aliphatic rings. The van der Waals surface area contributed by atoms with Gasteiger partial charge in [0.1, 0.15) is 11.5 Å². The second-order valence-electron chi connectivity index (χ2n) is 9.39. The third kappa shape index (κ3) is 5.49. The minimum absolute atomic E-state index is 0.129. The first kappa shape index (κ1) is 25.6. The maximum absolute atomic E-state index is 13.6. The van der Waals surface area contributed by atoms with Crippen LogP contribution in [-0.4, -0.2) is 34.1 Å². The maximum atomic E-state index is 13.6. The minimum Gasteiger partial charge on any atom is -0.497 e. The number of rotatable bonds is 8. The summed E-state index contributed by atoms with van der Waals surface area (Å²) in [7, 11) is -2.30. The van der Waals surface area contributed by atoms with E-state index < -0.39 is 16.1 Å². The summed E-state index contributed by atoms with van der Waals surface area (Å²) in [6, 6.07) is 20.9. The summed E-state index contributed by atoms with van der Waals surface area (Å²) in [5.74, 6) is 1.04. The Balaban J connectivity index is 1.62. The number of para-hydroxylation sites is 2. The van der Waals surface area contributed by atoms with Gasteiger partial charge in [-0.3, -0.25) is 9.10 Å². The first-order valence-corrected chi connectivity index (χ1v) is 13.4. The molecule has 0 aromatic heterocycles. The van der Waals surface area contributed by atoms with Crippen molar-refractivity contribution in [1.82, 2.24) is 5.32 Å². The second kappa shape index (κ2) is 10.6. The molecule has 3 aromatic carbocycles. The van der Waals surface area contributed by atoms with Crippen molar-refractivity contribution in [1.29, 1.82) is 0 Å². The molecule has 0 bridgehead atoms. The van der Waals surface area contributed by atoms with E-state index in [1.54, 1.807) is 55.6 Å². The van der Waals surface area contributed by atoms with Crippen LogP contribution < -0.4 is 19.1 Å². The fourth-order valence-electron chi connectivity index (χ4n) is 4.25. The van der Waals surface area contributed by atoms with Gasteiger partial charge < -0.3 is 14.8 Å². The van der Waals surface area contributed by atoms with E-state index in [1.807, 2.05) is 31.2 Å². The van der Waals surface area contributed by atoms with Gasteiger partial charge in [0.2, 0.25) is 0 Å². The Kier molecular flexibility index (Phi) is 7.54. The number of nitrogens with one attached hydrogen (secondary N) is 1. The molecule has 0 radical (unpaired) electrons. The number of hydrogen-bond acceptors (Lipinski definition) is 5. The van der Waals surface area contributed by atoms with Crippen molar-refractivity contribution in [2.45, 2.75) is 44.2 Å². The van der Waals surface area contributed by atoms with Crippen LogP contribution in [0.3, 0.4) is 0 Å². The van der Waals surface area contributed by atoms with Gasteiger partial charge in [0.15, 0.2) is 6.10 Å². The number of carbonyl (C=O) groups excluding carboxylic acids is 1. The quantitative estimate of drug-likeness (QED) is 0.470. The first-order valence-electron chi connectivity index (χ1n) is 12.0. The lowest BCUT2D eigenvalue weighted by atomic mass is 9.96. The highest BCUT2D eigenvalue weighted by Crippen LogP contribution is 2.37. The molecule has 1 heterocycles. The molecular weight excluding hydrogens is 476 g/mol. The average Bonchev–Trinajstić information content (AvgIpc) is 2.87. The van der Waals surface area contributed by atoms with Crippen molar-refractivity contribution < 1.29 is 22.7 Å². The molecule has 4 rings (SSSR count). The van der Waals surface area contributed by atoms with E-state index in [0.29, 0.717) is 23.8 Å². The lowest BCUT2D eigenvalue weighted by Gasteiger charge is -2.35. The van der Waals surface area contributed by atoms with E-state index in [4.69, 9.17) is 9.47 Å². The number of ether oxygens (including phenoxy) is 2. The molecule has 190 valence electrons. The zero-order valence-corrected chi connectivity index (χ0v) is 21.8.